The summed E-state index contributed by atoms with van der Waals surface area (Å²) >= 11 is 11.6. The Labute approximate surface area is 118 Å². The lowest BCUT2D eigenvalue weighted by molar-refractivity contribution is 0.627. The van der Waals surface area contributed by atoms with Crippen molar-refractivity contribution in [1.29, 1.82) is 0 Å². The second-order valence-electron chi connectivity index (χ2n) is 3.65. The number of halogens is 4. The third-order valence-corrected chi connectivity index (χ3v) is 2.88. The van der Waals surface area contributed by atoms with E-state index in [1.807, 2.05) is 0 Å². The predicted octanol–water partition coefficient (Wildman–Crippen LogP) is 4.63. The number of hydrazone groups is 1. The third-order valence-electron chi connectivity index (χ3n) is 2.29. The summed E-state index contributed by atoms with van der Waals surface area (Å²) in [5.41, 5.74) is 3.69. The molecule has 0 aromatic heterocycles. The van der Waals surface area contributed by atoms with Crippen LogP contribution < -0.4 is 5.43 Å². The molecule has 0 aliphatic carbocycles. The van der Waals surface area contributed by atoms with Crippen LogP contribution in [0.15, 0.2) is 47.6 Å². The summed E-state index contributed by atoms with van der Waals surface area (Å²) in [4.78, 5) is 0. The smallest absolute Gasteiger partial charge is 0.156 e. The van der Waals surface area contributed by atoms with E-state index in [0.717, 1.165) is 0 Å². The summed E-state index contributed by atoms with van der Waals surface area (Å²) in [5, 5.41) is 4.03. The van der Waals surface area contributed by atoms with Gasteiger partial charge in [0.1, 0.15) is 11.6 Å². The van der Waals surface area contributed by atoms with Crippen LogP contribution in [0.3, 0.4) is 0 Å². The van der Waals surface area contributed by atoms with Gasteiger partial charge in [0.25, 0.3) is 0 Å². The molecular formula is C13H8Cl2F2N2. The van der Waals surface area contributed by atoms with Crippen LogP contribution in [-0.4, -0.2) is 5.17 Å². The molecular weight excluding hydrogens is 293 g/mol. The predicted molar refractivity (Wildman–Crippen MR) is 73.8 cm³/mol. The molecule has 2 nitrogen and oxygen atoms in total. The Morgan fingerprint density at radius 3 is 2.37 bits per heavy atom. The first-order valence-corrected chi connectivity index (χ1v) is 6.02. The number of anilines is 1. The largest absolute Gasteiger partial charge is 0.277 e. The molecule has 2 aromatic carbocycles. The van der Waals surface area contributed by atoms with Crippen LogP contribution >= 0.6 is 23.2 Å². The van der Waals surface area contributed by atoms with Crippen molar-refractivity contribution in [3.05, 3.63) is 64.7 Å². The fourth-order valence-electron chi connectivity index (χ4n) is 1.33. The van der Waals surface area contributed by atoms with Crippen LogP contribution in [0.5, 0.6) is 0 Å². The summed E-state index contributed by atoms with van der Waals surface area (Å²) in [6.07, 6.45) is 0. The standard InChI is InChI=1S/C13H8Cl2F2N2/c14-11-7-10(5-6-12(11)17)18-19-13(15)8-1-3-9(16)4-2-8/h1-7,18H. The Hall–Kier alpha value is -1.65. The highest BCUT2D eigenvalue weighted by Crippen LogP contribution is 2.19. The summed E-state index contributed by atoms with van der Waals surface area (Å²) in [7, 11) is 0. The van der Waals surface area contributed by atoms with Crippen molar-refractivity contribution in [2.24, 2.45) is 5.10 Å². The van der Waals surface area contributed by atoms with E-state index in [4.69, 9.17) is 23.2 Å². The van der Waals surface area contributed by atoms with Crippen molar-refractivity contribution in [3.8, 4) is 0 Å². The van der Waals surface area contributed by atoms with Crippen molar-refractivity contribution in [2.45, 2.75) is 0 Å². The van der Waals surface area contributed by atoms with Gasteiger partial charge in [0.2, 0.25) is 0 Å². The van der Waals surface area contributed by atoms with Crippen molar-refractivity contribution < 1.29 is 8.78 Å². The lowest BCUT2D eigenvalue weighted by Gasteiger charge is -2.03. The first-order chi connectivity index (χ1) is 9.06. The van der Waals surface area contributed by atoms with Gasteiger partial charge in [-0.3, -0.25) is 5.43 Å². The van der Waals surface area contributed by atoms with Gasteiger partial charge in [0, 0.05) is 5.56 Å². The minimum atomic E-state index is -0.513. The average Bonchev–Trinajstić information content (AvgIpc) is 2.40. The van der Waals surface area contributed by atoms with Crippen LogP contribution in [0.2, 0.25) is 5.02 Å². The Balaban J connectivity index is 2.13. The van der Waals surface area contributed by atoms with Gasteiger partial charge in [-0.2, -0.15) is 5.10 Å². The van der Waals surface area contributed by atoms with E-state index < -0.39 is 5.82 Å². The molecule has 0 aliphatic rings. The van der Waals surface area contributed by atoms with Crippen LogP contribution in [0.1, 0.15) is 5.56 Å². The maximum atomic E-state index is 12.9. The van der Waals surface area contributed by atoms with Gasteiger partial charge in [0.15, 0.2) is 5.17 Å². The van der Waals surface area contributed by atoms with Crippen LogP contribution in [0, 0.1) is 11.6 Å². The normalized spacial score (nSPS) is 11.5. The number of nitrogens with one attached hydrogen (secondary N) is 1. The average molecular weight is 301 g/mol. The van der Waals surface area contributed by atoms with Gasteiger partial charge < -0.3 is 0 Å². The SMILES string of the molecule is Fc1ccc(C(Cl)=NNc2ccc(F)c(Cl)c2)cc1. The van der Waals surface area contributed by atoms with Gasteiger partial charge in [0.05, 0.1) is 10.7 Å². The second-order valence-corrected chi connectivity index (χ2v) is 4.42. The molecule has 6 heteroatoms. The van der Waals surface area contributed by atoms with Gasteiger partial charge in [-0.25, -0.2) is 8.78 Å². The van der Waals surface area contributed by atoms with Crippen molar-refractivity contribution in [3.63, 3.8) is 0 Å². The molecule has 0 spiro atoms. The van der Waals surface area contributed by atoms with Gasteiger partial charge in [-0.05, 0) is 42.5 Å². The van der Waals surface area contributed by atoms with Crippen LogP contribution in [0.25, 0.3) is 0 Å². The number of nitrogens with zero attached hydrogens (tertiary/aromatic N) is 1. The lowest BCUT2D eigenvalue weighted by Crippen LogP contribution is -1.97. The zero-order valence-electron chi connectivity index (χ0n) is 9.50. The fraction of sp³-hybridized carbons (Fsp3) is 0. The molecule has 0 saturated heterocycles. The molecule has 1 N–H and O–H groups in total. The quantitative estimate of drug-likeness (QED) is 0.648. The fourth-order valence-corrected chi connectivity index (χ4v) is 1.68. The van der Waals surface area contributed by atoms with Crippen LogP contribution in [0.4, 0.5) is 14.5 Å². The molecule has 0 amide bonds. The molecule has 0 radical (unpaired) electrons. The second kappa shape index (κ2) is 5.99. The molecule has 0 aliphatic heterocycles. The zero-order valence-corrected chi connectivity index (χ0v) is 11.0. The Kier molecular flexibility index (Phi) is 4.35. The molecule has 2 aromatic rings. The van der Waals surface area contributed by atoms with E-state index in [-0.39, 0.29) is 16.0 Å². The molecule has 0 heterocycles. The summed E-state index contributed by atoms with van der Waals surface area (Å²) in [6.45, 7) is 0. The Morgan fingerprint density at radius 2 is 1.74 bits per heavy atom. The molecule has 0 bridgehead atoms. The molecule has 0 fully saturated rings. The van der Waals surface area contributed by atoms with E-state index in [0.29, 0.717) is 11.3 Å². The van der Waals surface area contributed by atoms with Gasteiger partial charge in [-0.1, -0.05) is 23.2 Å². The van der Waals surface area contributed by atoms with E-state index in [2.05, 4.69) is 10.5 Å². The van der Waals surface area contributed by atoms with E-state index in [9.17, 15) is 8.78 Å². The molecule has 98 valence electrons. The minimum absolute atomic E-state index is 0.0156. The summed E-state index contributed by atoms with van der Waals surface area (Å²) in [6, 6.07) is 9.63. The Bertz CT molecular complexity index is 613. The first-order valence-electron chi connectivity index (χ1n) is 5.26. The summed E-state index contributed by atoms with van der Waals surface area (Å²) in [5.74, 6) is -0.868. The number of benzene rings is 2. The van der Waals surface area contributed by atoms with Crippen molar-refractivity contribution in [2.75, 3.05) is 5.43 Å². The molecule has 19 heavy (non-hydrogen) atoms. The highest BCUT2D eigenvalue weighted by Gasteiger charge is 2.02. The molecule has 2 rings (SSSR count). The number of hydrogen-bond donors (Lipinski definition) is 1. The van der Waals surface area contributed by atoms with Gasteiger partial charge in [-0.15, -0.1) is 0 Å². The maximum absolute atomic E-state index is 12.9. The van der Waals surface area contributed by atoms with Crippen molar-refractivity contribution in [1.82, 2.24) is 0 Å². The number of hydrogen-bond acceptors (Lipinski definition) is 2. The number of rotatable bonds is 3. The van der Waals surface area contributed by atoms with E-state index in [1.54, 1.807) is 0 Å². The first kappa shape index (κ1) is 13.8. The molecule has 0 saturated carbocycles. The zero-order chi connectivity index (χ0) is 13.8. The van der Waals surface area contributed by atoms with E-state index >= 15 is 0 Å². The Morgan fingerprint density at radius 1 is 1.05 bits per heavy atom. The molecule has 0 unspecified atom stereocenters. The maximum Gasteiger partial charge on any atom is 0.156 e. The van der Waals surface area contributed by atoms with E-state index in [1.165, 1.54) is 42.5 Å². The van der Waals surface area contributed by atoms with Gasteiger partial charge >= 0.3 is 0 Å². The lowest BCUT2D eigenvalue weighted by atomic mass is 10.2. The van der Waals surface area contributed by atoms with Crippen molar-refractivity contribution >= 4 is 34.1 Å². The minimum Gasteiger partial charge on any atom is -0.277 e. The topological polar surface area (TPSA) is 24.4 Å². The highest BCUT2D eigenvalue weighted by atomic mass is 35.5. The van der Waals surface area contributed by atoms with Crippen LogP contribution in [-0.2, 0) is 0 Å². The molecule has 0 atom stereocenters. The highest BCUT2D eigenvalue weighted by molar-refractivity contribution is 6.69. The summed E-state index contributed by atoms with van der Waals surface area (Å²) < 4.78 is 25.7. The third kappa shape index (κ3) is 3.66. The monoisotopic (exact) mass is 300 g/mol.